The molecular formula is C25H28N4O5S2. The number of ether oxygens (including phenoxy) is 1. The van der Waals surface area contributed by atoms with Crippen molar-refractivity contribution >= 4 is 43.2 Å². The van der Waals surface area contributed by atoms with Crippen molar-refractivity contribution < 1.29 is 23.1 Å². The number of carbonyl (C=O) groups is 1. The third-order valence-electron chi connectivity index (χ3n) is 6.74. The second kappa shape index (κ2) is 9.91. The summed E-state index contributed by atoms with van der Waals surface area (Å²) < 4.78 is 34.0. The van der Waals surface area contributed by atoms with Crippen LogP contribution in [0.2, 0.25) is 0 Å². The van der Waals surface area contributed by atoms with Crippen molar-refractivity contribution in [2.75, 3.05) is 58.4 Å². The summed E-state index contributed by atoms with van der Waals surface area (Å²) >= 11 is 1.47. The van der Waals surface area contributed by atoms with Crippen LogP contribution in [0, 0.1) is 0 Å². The van der Waals surface area contributed by atoms with Crippen LogP contribution in [-0.2, 0) is 19.6 Å². The lowest BCUT2D eigenvalue weighted by atomic mass is 10.1. The highest BCUT2D eigenvalue weighted by molar-refractivity contribution is 7.89. The first-order valence-corrected chi connectivity index (χ1v) is 13.9. The molecule has 0 spiro atoms. The molecule has 0 radical (unpaired) electrons. The molecule has 2 aromatic carbocycles. The molecular weight excluding hydrogens is 500 g/mol. The minimum Gasteiger partial charge on any atom is -0.383 e. The molecule has 0 unspecified atom stereocenters. The van der Waals surface area contributed by atoms with E-state index in [-0.39, 0.29) is 23.9 Å². The van der Waals surface area contributed by atoms with Gasteiger partial charge in [-0.2, -0.15) is 4.31 Å². The van der Waals surface area contributed by atoms with E-state index in [4.69, 9.17) is 4.74 Å². The summed E-state index contributed by atoms with van der Waals surface area (Å²) in [5, 5.41) is 10.8. The number of aliphatic hydroxyl groups is 1. The molecule has 0 saturated heterocycles. The number of hydrogen-bond donors (Lipinski definition) is 1. The first kappa shape index (κ1) is 24.8. The molecule has 11 heteroatoms. The lowest BCUT2D eigenvalue weighted by Crippen LogP contribution is -2.38. The quantitative estimate of drug-likeness (QED) is 0.448. The Morgan fingerprint density at radius 1 is 1.17 bits per heavy atom. The number of amides is 1. The standard InChI is InChI=1S/C25H28N4O5S2/c1-27(8-9-34-2)20-5-3-4-17(10-20)24(30)25(31)28-12-18-14-29(15-19(18)13-28)36(32,33)21-6-7-23-22(11-21)26-16-35-23/h3-7,10-11,16,24,30H,8-9,12-15H2,1-2H3/t24-/m0/s1. The van der Waals surface area contributed by atoms with Crippen LogP contribution in [0.3, 0.4) is 0 Å². The number of aliphatic hydroxyl groups excluding tert-OH is 1. The molecule has 36 heavy (non-hydrogen) atoms. The van der Waals surface area contributed by atoms with E-state index >= 15 is 0 Å². The lowest BCUT2D eigenvalue weighted by Gasteiger charge is -2.25. The van der Waals surface area contributed by atoms with Gasteiger partial charge in [0.2, 0.25) is 10.0 Å². The zero-order chi connectivity index (χ0) is 25.4. The van der Waals surface area contributed by atoms with Crippen molar-refractivity contribution in [3.05, 3.63) is 64.7 Å². The van der Waals surface area contributed by atoms with Crippen LogP contribution in [0.15, 0.2) is 64.0 Å². The Bertz CT molecular complexity index is 1420. The number of sulfonamides is 1. The number of nitrogens with zero attached hydrogens (tertiary/aromatic N) is 4. The summed E-state index contributed by atoms with van der Waals surface area (Å²) in [7, 11) is -0.107. The van der Waals surface area contributed by atoms with Crippen molar-refractivity contribution in [3.8, 4) is 0 Å². The first-order chi connectivity index (χ1) is 17.3. The molecule has 2 aliphatic rings. The number of thiazole rings is 1. The topological polar surface area (TPSA) is 103 Å². The Kier molecular flexibility index (Phi) is 6.84. The summed E-state index contributed by atoms with van der Waals surface area (Å²) in [6.07, 6.45) is -1.29. The van der Waals surface area contributed by atoms with E-state index < -0.39 is 16.1 Å². The normalized spacial score (nSPS) is 17.1. The molecule has 5 rings (SSSR count). The average Bonchev–Trinajstić information content (AvgIpc) is 3.61. The van der Waals surface area contributed by atoms with E-state index in [9.17, 15) is 18.3 Å². The zero-order valence-corrected chi connectivity index (χ0v) is 21.8. The maximum atomic E-state index is 13.2. The monoisotopic (exact) mass is 528 g/mol. The van der Waals surface area contributed by atoms with Gasteiger partial charge in [0.1, 0.15) is 0 Å². The molecule has 1 N–H and O–H groups in total. The fraction of sp³-hybridized carbons (Fsp3) is 0.360. The second-order valence-corrected chi connectivity index (χ2v) is 11.9. The van der Waals surface area contributed by atoms with E-state index in [1.165, 1.54) is 15.6 Å². The molecule has 0 aliphatic carbocycles. The maximum Gasteiger partial charge on any atom is 0.256 e. The highest BCUT2D eigenvalue weighted by Gasteiger charge is 2.39. The molecule has 0 fully saturated rings. The number of likely N-dealkylation sites (N-methyl/N-ethyl adjacent to an activating group) is 1. The Morgan fingerprint density at radius 2 is 1.92 bits per heavy atom. The van der Waals surface area contributed by atoms with Crippen LogP contribution >= 0.6 is 11.3 Å². The largest absolute Gasteiger partial charge is 0.383 e. The van der Waals surface area contributed by atoms with Crippen molar-refractivity contribution in [2.45, 2.75) is 11.0 Å². The number of rotatable bonds is 8. The molecule has 0 saturated carbocycles. The lowest BCUT2D eigenvalue weighted by molar-refractivity contribution is -0.139. The first-order valence-electron chi connectivity index (χ1n) is 11.6. The average molecular weight is 529 g/mol. The predicted molar refractivity (Wildman–Crippen MR) is 139 cm³/mol. The van der Waals surface area contributed by atoms with E-state index in [0.717, 1.165) is 21.5 Å². The van der Waals surface area contributed by atoms with Gasteiger partial charge in [-0.1, -0.05) is 12.1 Å². The van der Waals surface area contributed by atoms with Gasteiger partial charge in [-0.25, -0.2) is 13.4 Å². The number of anilines is 1. The fourth-order valence-electron chi connectivity index (χ4n) is 4.62. The summed E-state index contributed by atoms with van der Waals surface area (Å²) in [6.45, 7) is 2.37. The molecule has 3 aromatic rings. The van der Waals surface area contributed by atoms with Gasteiger partial charge in [0, 0.05) is 52.6 Å². The fourth-order valence-corrected chi connectivity index (χ4v) is 6.73. The van der Waals surface area contributed by atoms with Crippen LogP contribution in [-0.4, -0.2) is 87.1 Å². The molecule has 1 aromatic heterocycles. The van der Waals surface area contributed by atoms with E-state index in [1.54, 1.807) is 41.8 Å². The van der Waals surface area contributed by atoms with Gasteiger partial charge in [0.05, 0.1) is 27.2 Å². The van der Waals surface area contributed by atoms with Gasteiger partial charge < -0.3 is 19.6 Å². The number of benzene rings is 2. The van der Waals surface area contributed by atoms with Crippen molar-refractivity contribution in [2.24, 2.45) is 0 Å². The van der Waals surface area contributed by atoms with Crippen molar-refractivity contribution in [1.29, 1.82) is 0 Å². The van der Waals surface area contributed by atoms with Crippen LogP contribution in [0.5, 0.6) is 0 Å². The Labute approximate surface area is 214 Å². The summed E-state index contributed by atoms with van der Waals surface area (Å²) in [5.41, 5.74) is 5.61. The molecule has 1 atom stereocenters. The van der Waals surface area contributed by atoms with Crippen LogP contribution in [0.4, 0.5) is 5.69 Å². The number of methoxy groups -OCH3 is 1. The van der Waals surface area contributed by atoms with E-state index in [2.05, 4.69) is 4.98 Å². The minimum absolute atomic E-state index is 0.223. The Hall–Kier alpha value is -2.83. The molecule has 1 amide bonds. The molecule has 9 nitrogen and oxygen atoms in total. The highest BCUT2D eigenvalue weighted by Crippen LogP contribution is 2.32. The van der Waals surface area contributed by atoms with Gasteiger partial charge in [-0.15, -0.1) is 11.3 Å². The number of carbonyl (C=O) groups excluding carboxylic acids is 1. The van der Waals surface area contributed by atoms with Crippen LogP contribution in [0.1, 0.15) is 11.7 Å². The zero-order valence-electron chi connectivity index (χ0n) is 20.1. The molecule has 190 valence electrons. The van der Waals surface area contributed by atoms with Gasteiger partial charge >= 0.3 is 0 Å². The molecule has 3 heterocycles. The number of aromatic nitrogens is 1. The number of fused-ring (bicyclic) bond motifs is 1. The van der Waals surface area contributed by atoms with Gasteiger partial charge in [0.25, 0.3) is 5.91 Å². The highest BCUT2D eigenvalue weighted by atomic mass is 32.2. The van der Waals surface area contributed by atoms with E-state index in [0.29, 0.717) is 37.3 Å². The summed E-state index contributed by atoms with van der Waals surface area (Å²) in [5.74, 6) is -0.385. The third-order valence-corrected chi connectivity index (χ3v) is 9.34. The molecule has 2 aliphatic heterocycles. The Balaban J connectivity index is 1.23. The summed E-state index contributed by atoms with van der Waals surface area (Å²) in [4.78, 5) is 21.2. The van der Waals surface area contributed by atoms with Crippen molar-refractivity contribution in [1.82, 2.24) is 14.2 Å². The van der Waals surface area contributed by atoms with Crippen LogP contribution < -0.4 is 4.90 Å². The second-order valence-electron chi connectivity index (χ2n) is 9.07. The third kappa shape index (κ3) is 4.64. The van der Waals surface area contributed by atoms with Gasteiger partial charge in [-0.3, -0.25) is 4.79 Å². The predicted octanol–water partition coefficient (Wildman–Crippen LogP) is 2.26. The molecule has 0 bridgehead atoms. The van der Waals surface area contributed by atoms with E-state index in [1.807, 2.05) is 30.1 Å². The Morgan fingerprint density at radius 3 is 2.64 bits per heavy atom. The number of hydrogen-bond acceptors (Lipinski definition) is 8. The summed E-state index contributed by atoms with van der Waals surface area (Å²) in [6, 6.07) is 12.3. The minimum atomic E-state index is -3.68. The SMILES string of the molecule is COCCN(C)c1cccc([C@H](O)C(=O)N2CC3=C(C2)CN(S(=O)(=O)c2ccc4scnc4c2)C3)c1. The maximum absolute atomic E-state index is 13.2. The van der Waals surface area contributed by atoms with Crippen molar-refractivity contribution in [3.63, 3.8) is 0 Å². The van der Waals surface area contributed by atoms with Gasteiger partial charge in [0.15, 0.2) is 6.10 Å². The van der Waals surface area contributed by atoms with Gasteiger partial charge in [-0.05, 0) is 47.0 Å². The smallest absolute Gasteiger partial charge is 0.256 e. The van der Waals surface area contributed by atoms with Crippen LogP contribution in [0.25, 0.3) is 10.2 Å².